The summed E-state index contributed by atoms with van der Waals surface area (Å²) in [6.07, 6.45) is 0.333. The minimum absolute atomic E-state index is 0.0176. The van der Waals surface area contributed by atoms with Gasteiger partial charge in [0.25, 0.3) is 0 Å². The van der Waals surface area contributed by atoms with Gasteiger partial charge in [-0.2, -0.15) is 30.0 Å². The molecule has 28 heavy (non-hydrogen) atoms. The molecule has 0 radical (unpaired) electrons. The number of amides is 1. The van der Waals surface area contributed by atoms with E-state index in [4.69, 9.17) is 11.6 Å². The van der Waals surface area contributed by atoms with Crippen molar-refractivity contribution in [3.8, 4) is 5.69 Å². The van der Waals surface area contributed by atoms with Crippen LogP contribution in [0.4, 0.5) is 23.2 Å². The van der Waals surface area contributed by atoms with Gasteiger partial charge in [-0.1, -0.05) is 18.5 Å². The van der Waals surface area contributed by atoms with Crippen molar-refractivity contribution in [2.24, 2.45) is 5.92 Å². The summed E-state index contributed by atoms with van der Waals surface area (Å²) < 4.78 is 51.9. The van der Waals surface area contributed by atoms with E-state index < -0.39 is 24.7 Å². The Bertz CT molecular complexity index is 772. The molecule has 0 spiro atoms. The van der Waals surface area contributed by atoms with Crippen LogP contribution in [0, 0.1) is 5.92 Å². The number of carbonyl (C=O) groups is 1. The summed E-state index contributed by atoms with van der Waals surface area (Å²) in [6, 6.07) is 3.44. The molecule has 2 heterocycles. The van der Waals surface area contributed by atoms with Crippen LogP contribution in [0.25, 0.3) is 5.69 Å². The first-order chi connectivity index (χ1) is 13.2. The van der Waals surface area contributed by atoms with Crippen LogP contribution < -0.4 is 4.90 Å². The molecular weight excluding hydrogens is 420 g/mol. The summed E-state index contributed by atoms with van der Waals surface area (Å²) in [7, 11) is 0. The number of hydrogen-bond acceptors (Lipinski definition) is 4. The summed E-state index contributed by atoms with van der Waals surface area (Å²) in [4.78, 5) is 17.6. The predicted molar refractivity (Wildman–Crippen MR) is 102 cm³/mol. The number of halogens is 5. The van der Waals surface area contributed by atoms with Crippen LogP contribution in [0.1, 0.15) is 13.3 Å². The molecule has 1 atom stereocenters. The number of aromatic nitrogens is 3. The van der Waals surface area contributed by atoms with Crippen LogP contribution in [0.5, 0.6) is 0 Å². The molecule has 1 amide bonds. The van der Waals surface area contributed by atoms with E-state index in [-0.39, 0.29) is 35.3 Å². The van der Waals surface area contributed by atoms with E-state index in [1.165, 1.54) is 10.9 Å². The fourth-order valence-corrected chi connectivity index (χ4v) is 3.52. The van der Waals surface area contributed by atoms with E-state index in [0.717, 1.165) is 23.6 Å². The highest BCUT2D eigenvalue weighted by Crippen LogP contribution is 2.29. The van der Waals surface area contributed by atoms with Crippen LogP contribution in [0.2, 0.25) is 5.15 Å². The maximum atomic E-state index is 13.0. The quantitative estimate of drug-likeness (QED) is 0.426. The third kappa shape index (κ3) is 6.10. The SMILES string of the molecule is CC(CSCCC(=O)N(CCF)c1cn(-c2cccnc2)nc1Cl)C(F)(F)F. The summed E-state index contributed by atoms with van der Waals surface area (Å²) in [5, 5.41) is 4.13. The standard InChI is InChI=1S/C17H19ClF4N4OS/c1-12(17(20,21)22)11-28-8-4-15(27)25(7-5-19)14-10-26(24-16(14)18)13-3-2-6-23-9-13/h2-3,6,9-10,12H,4-5,7-8,11H2,1H3. The number of pyridine rings is 1. The van der Waals surface area contributed by atoms with Crippen molar-refractivity contribution < 1.29 is 22.4 Å². The zero-order valence-corrected chi connectivity index (χ0v) is 16.6. The number of nitrogens with zero attached hydrogens (tertiary/aromatic N) is 4. The van der Waals surface area contributed by atoms with Crippen LogP contribution in [-0.2, 0) is 4.79 Å². The van der Waals surface area contributed by atoms with Gasteiger partial charge in [-0.25, -0.2) is 9.07 Å². The van der Waals surface area contributed by atoms with Crippen LogP contribution in [0.3, 0.4) is 0 Å². The molecule has 0 aromatic carbocycles. The Kier molecular flexibility index (Phi) is 8.11. The van der Waals surface area contributed by atoms with Crippen LogP contribution in [0.15, 0.2) is 30.7 Å². The molecule has 0 bridgehead atoms. The number of anilines is 1. The molecule has 0 saturated heterocycles. The van der Waals surface area contributed by atoms with Crippen molar-refractivity contribution in [3.63, 3.8) is 0 Å². The highest BCUT2D eigenvalue weighted by atomic mass is 35.5. The van der Waals surface area contributed by atoms with E-state index in [0.29, 0.717) is 5.69 Å². The maximum absolute atomic E-state index is 13.0. The van der Waals surface area contributed by atoms with Gasteiger partial charge in [0.1, 0.15) is 12.4 Å². The van der Waals surface area contributed by atoms with E-state index in [1.807, 2.05) is 0 Å². The second-order valence-electron chi connectivity index (χ2n) is 5.96. The lowest BCUT2D eigenvalue weighted by molar-refractivity contribution is -0.162. The Morgan fingerprint density at radius 2 is 2.18 bits per heavy atom. The van der Waals surface area contributed by atoms with Gasteiger partial charge in [-0.15, -0.1) is 0 Å². The van der Waals surface area contributed by atoms with E-state index in [1.54, 1.807) is 24.5 Å². The Morgan fingerprint density at radius 1 is 1.43 bits per heavy atom. The first kappa shape index (κ1) is 22.5. The average Bonchev–Trinajstić information content (AvgIpc) is 3.04. The van der Waals surface area contributed by atoms with Gasteiger partial charge in [0.05, 0.1) is 30.5 Å². The summed E-state index contributed by atoms with van der Waals surface area (Å²) in [5.74, 6) is -1.84. The molecule has 0 aliphatic carbocycles. The molecule has 0 aliphatic rings. The smallest absolute Gasteiger partial charge is 0.306 e. The molecule has 0 fully saturated rings. The topological polar surface area (TPSA) is 51.0 Å². The Labute approximate surface area is 169 Å². The normalized spacial score (nSPS) is 12.8. The van der Waals surface area contributed by atoms with Gasteiger partial charge in [0, 0.05) is 24.1 Å². The minimum Gasteiger partial charge on any atom is -0.306 e. The second-order valence-corrected chi connectivity index (χ2v) is 7.47. The van der Waals surface area contributed by atoms with Gasteiger partial charge in [-0.3, -0.25) is 9.78 Å². The molecule has 5 nitrogen and oxygen atoms in total. The summed E-state index contributed by atoms with van der Waals surface area (Å²) in [5.41, 5.74) is 0.849. The fourth-order valence-electron chi connectivity index (χ4n) is 2.26. The molecule has 2 aromatic rings. The largest absolute Gasteiger partial charge is 0.392 e. The molecule has 11 heteroatoms. The lowest BCUT2D eigenvalue weighted by Gasteiger charge is -2.20. The Balaban J connectivity index is 2.02. The van der Waals surface area contributed by atoms with E-state index in [2.05, 4.69) is 10.1 Å². The monoisotopic (exact) mass is 438 g/mol. The minimum atomic E-state index is -4.26. The third-order valence-electron chi connectivity index (χ3n) is 3.85. The molecule has 2 rings (SSSR count). The van der Waals surface area contributed by atoms with Crippen molar-refractivity contribution in [2.75, 3.05) is 29.6 Å². The van der Waals surface area contributed by atoms with Crippen molar-refractivity contribution >= 4 is 35.0 Å². The third-order valence-corrected chi connectivity index (χ3v) is 5.35. The van der Waals surface area contributed by atoms with E-state index in [9.17, 15) is 22.4 Å². The first-order valence-electron chi connectivity index (χ1n) is 8.40. The lowest BCUT2D eigenvalue weighted by Crippen LogP contribution is -2.33. The summed E-state index contributed by atoms with van der Waals surface area (Å²) >= 11 is 7.15. The van der Waals surface area contributed by atoms with Gasteiger partial charge >= 0.3 is 6.18 Å². The highest BCUT2D eigenvalue weighted by Gasteiger charge is 2.35. The van der Waals surface area contributed by atoms with Crippen molar-refractivity contribution in [2.45, 2.75) is 19.5 Å². The number of hydrogen-bond donors (Lipinski definition) is 0. The van der Waals surface area contributed by atoms with E-state index >= 15 is 0 Å². The van der Waals surface area contributed by atoms with Crippen LogP contribution in [-0.4, -0.2) is 51.6 Å². The molecule has 2 aromatic heterocycles. The predicted octanol–water partition coefficient (Wildman–Crippen LogP) is 4.54. The summed E-state index contributed by atoms with van der Waals surface area (Å²) in [6.45, 7) is 0.0795. The maximum Gasteiger partial charge on any atom is 0.392 e. The zero-order valence-electron chi connectivity index (χ0n) is 15.0. The first-order valence-corrected chi connectivity index (χ1v) is 9.93. The van der Waals surface area contributed by atoms with Gasteiger partial charge in [-0.05, 0) is 12.1 Å². The molecule has 0 saturated carbocycles. The molecule has 0 aliphatic heterocycles. The number of alkyl halides is 4. The van der Waals surface area contributed by atoms with Crippen LogP contribution >= 0.6 is 23.4 Å². The van der Waals surface area contributed by atoms with Crippen molar-refractivity contribution in [1.29, 1.82) is 0 Å². The molecule has 0 N–H and O–H groups in total. The lowest BCUT2D eigenvalue weighted by atomic mass is 10.2. The fraction of sp³-hybridized carbons (Fsp3) is 0.471. The Morgan fingerprint density at radius 3 is 2.79 bits per heavy atom. The number of thioether (sulfide) groups is 1. The van der Waals surface area contributed by atoms with Crippen molar-refractivity contribution in [3.05, 3.63) is 35.9 Å². The average molecular weight is 439 g/mol. The Hall–Kier alpha value is -1.81. The highest BCUT2D eigenvalue weighted by molar-refractivity contribution is 7.99. The molecule has 154 valence electrons. The second kappa shape index (κ2) is 10.1. The van der Waals surface area contributed by atoms with Crippen molar-refractivity contribution in [1.82, 2.24) is 14.8 Å². The van der Waals surface area contributed by atoms with Gasteiger partial charge < -0.3 is 4.90 Å². The molecule has 1 unspecified atom stereocenters. The molecular formula is C17H19ClF4N4OS. The number of carbonyl (C=O) groups excluding carboxylic acids is 1. The number of rotatable bonds is 9. The zero-order chi connectivity index (χ0) is 20.7. The van der Waals surface area contributed by atoms with Gasteiger partial charge in [0.2, 0.25) is 5.91 Å². The van der Waals surface area contributed by atoms with Gasteiger partial charge in [0.15, 0.2) is 5.15 Å².